The van der Waals surface area contributed by atoms with Crippen molar-refractivity contribution in [1.82, 2.24) is 15.0 Å². The van der Waals surface area contributed by atoms with Crippen LogP contribution in [-0.4, -0.2) is 47.1 Å². The highest BCUT2D eigenvalue weighted by Crippen LogP contribution is 2.35. The van der Waals surface area contributed by atoms with Gasteiger partial charge in [0, 0.05) is 23.4 Å². The monoisotopic (exact) mass is 500 g/mol. The third-order valence-electron chi connectivity index (χ3n) is 6.02. The second-order valence-electron chi connectivity index (χ2n) is 8.35. The van der Waals surface area contributed by atoms with E-state index in [1.54, 1.807) is 18.4 Å². The second kappa shape index (κ2) is 10.9. The number of benzene rings is 2. The fraction of sp³-hybridized carbons (Fsp3) is 0.222. The van der Waals surface area contributed by atoms with Gasteiger partial charge >= 0.3 is 0 Å². The van der Waals surface area contributed by atoms with Crippen LogP contribution in [0, 0.1) is 0 Å². The molecule has 4 N–H and O–H groups in total. The first kappa shape index (κ1) is 25.4. The Kier molecular flexibility index (Phi) is 7.47. The summed E-state index contributed by atoms with van der Waals surface area (Å²) in [5.74, 6) is -0.137. The van der Waals surface area contributed by atoms with Crippen molar-refractivity contribution in [3.8, 4) is 11.5 Å². The van der Waals surface area contributed by atoms with Crippen molar-refractivity contribution in [3.63, 3.8) is 0 Å². The van der Waals surface area contributed by atoms with Gasteiger partial charge in [0.25, 0.3) is 5.91 Å². The number of anilines is 2. The van der Waals surface area contributed by atoms with Crippen LogP contribution in [0.25, 0.3) is 6.08 Å². The highest BCUT2D eigenvalue weighted by atomic mass is 16.5. The molecular weight excluding hydrogens is 472 g/mol. The lowest BCUT2D eigenvalue weighted by atomic mass is 9.95. The molecule has 1 atom stereocenters. The Hall–Kier alpha value is -4.73. The molecule has 190 valence electrons. The highest BCUT2D eigenvalue weighted by Gasteiger charge is 2.27. The summed E-state index contributed by atoms with van der Waals surface area (Å²) < 4.78 is 11.0. The van der Waals surface area contributed by atoms with Crippen LogP contribution in [0.4, 0.5) is 11.8 Å². The van der Waals surface area contributed by atoms with Crippen LogP contribution in [-0.2, 0) is 4.79 Å². The molecule has 1 amide bonds. The Morgan fingerprint density at radius 3 is 2.62 bits per heavy atom. The van der Waals surface area contributed by atoms with Crippen LogP contribution in [0.2, 0.25) is 0 Å². The first-order chi connectivity index (χ1) is 17.9. The summed E-state index contributed by atoms with van der Waals surface area (Å²) in [5, 5.41) is 5.90. The molecule has 1 aliphatic heterocycles. The number of hydrazone groups is 1. The maximum absolute atomic E-state index is 13.3. The summed E-state index contributed by atoms with van der Waals surface area (Å²) >= 11 is 0. The number of ether oxygens (including phenoxy) is 2. The molecule has 3 aromatic rings. The zero-order chi connectivity index (χ0) is 26.5. The molecular formula is C27H28N6O4. The number of nitrogens with two attached hydrogens (primary N) is 2. The van der Waals surface area contributed by atoms with Gasteiger partial charge in [0.15, 0.2) is 17.3 Å². The first-order valence-electron chi connectivity index (χ1n) is 11.7. The topological polar surface area (TPSA) is 146 Å². The third-order valence-corrected chi connectivity index (χ3v) is 6.02. The lowest BCUT2D eigenvalue weighted by molar-refractivity contribution is -0.128. The minimum Gasteiger partial charge on any atom is -0.493 e. The molecule has 10 nitrogen and oxygen atoms in total. The Balaban J connectivity index is 1.69. The molecule has 0 radical (unpaired) electrons. The zero-order valence-corrected chi connectivity index (χ0v) is 20.8. The number of rotatable bonds is 8. The van der Waals surface area contributed by atoms with E-state index in [1.165, 1.54) is 37.6 Å². The summed E-state index contributed by atoms with van der Waals surface area (Å²) in [6.07, 6.45) is 7.59. The third kappa shape index (κ3) is 5.13. The molecule has 0 saturated heterocycles. The van der Waals surface area contributed by atoms with E-state index in [0.29, 0.717) is 17.1 Å². The molecule has 1 aliphatic rings. The maximum atomic E-state index is 13.3. The predicted octanol–water partition coefficient (Wildman–Crippen LogP) is 3.62. The van der Waals surface area contributed by atoms with E-state index >= 15 is 0 Å². The van der Waals surface area contributed by atoms with E-state index in [1.807, 2.05) is 24.3 Å². The largest absolute Gasteiger partial charge is 0.493 e. The van der Waals surface area contributed by atoms with Gasteiger partial charge in [-0.1, -0.05) is 37.6 Å². The molecule has 0 aliphatic carbocycles. The maximum Gasteiger partial charge on any atom is 0.267 e. The molecule has 1 aromatic heterocycles. The van der Waals surface area contributed by atoms with Gasteiger partial charge in [-0.15, -0.1) is 0 Å². The van der Waals surface area contributed by atoms with Gasteiger partial charge in [-0.25, -0.2) is 9.99 Å². The van der Waals surface area contributed by atoms with Crippen molar-refractivity contribution in [2.45, 2.75) is 25.8 Å². The van der Waals surface area contributed by atoms with E-state index in [0.717, 1.165) is 24.0 Å². The van der Waals surface area contributed by atoms with Gasteiger partial charge in [0.2, 0.25) is 5.95 Å². The second-order valence-corrected chi connectivity index (χ2v) is 8.35. The quantitative estimate of drug-likeness (QED) is 0.352. The van der Waals surface area contributed by atoms with E-state index < -0.39 is 5.78 Å². The molecule has 37 heavy (non-hydrogen) atoms. The standard InChI is InChI=1S/C27H28N6O4/c1-4-7-21-19-9-6-5-8-17(19)14-31-33(21)23(34)11-10-16-12-18(13-22(36-2)25(16)37-3)24(35)20-15-30-27(29)32-26(20)28/h5-6,8-15,21H,4,7H2,1-3H3,(H4,28,29,30,32)/b11-10+. The number of ketones is 1. The van der Waals surface area contributed by atoms with Gasteiger partial charge in [-0.05, 0) is 35.8 Å². The van der Waals surface area contributed by atoms with E-state index in [-0.39, 0.29) is 34.8 Å². The lowest BCUT2D eigenvalue weighted by Crippen LogP contribution is -2.32. The Morgan fingerprint density at radius 2 is 1.92 bits per heavy atom. The molecule has 0 saturated carbocycles. The number of hydrogen-bond donors (Lipinski definition) is 2. The van der Waals surface area contributed by atoms with E-state index in [9.17, 15) is 9.59 Å². The van der Waals surface area contributed by atoms with Gasteiger partial charge < -0.3 is 20.9 Å². The van der Waals surface area contributed by atoms with Crippen molar-refractivity contribution in [2.75, 3.05) is 25.7 Å². The summed E-state index contributed by atoms with van der Waals surface area (Å²) in [7, 11) is 2.94. The minimum absolute atomic E-state index is 0.0344. The molecule has 0 fully saturated rings. The Morgan fingerprint density at radius 1 is 1.14 bits per heavy atom. The molecule has 0 spiro atoms. The fourth-order valence-corrected chi connectivity index (χ4v) is 4.26. The van der Waals surface area contributed by atoms with E-state index in [4.69, 9.17) is 20.9 Å². The lowest BCUT2D eigenvalue weighted by Gasteiger charge is -2.31. The first-order valence-corrected chi connectivity index (χ1v) is 11.7. The average molecular weight is 501 g/mol. The summed E-state index contributed by atoms with van der Waals surface area (Å²) in [6.45, 7) is 2.07. The van der Waals surface area contributed by atoms with Crippen LogP contribution < -0.4 is 20.9 Å². The van der Waals surface area contributed by atoms with Crippen molar-refractivity contribution in [3.05, 3.63) is 76.5 Å². The summed E-state index contributed by atoms with van der Waals surface area (Å²) in [6, 6.07) is 10.8. The smallest absolute Gasteiger partial charge is 0.267 e. The number of hydrogen-bond acceptors (Lipinski definition) is 9. The number of carbonyl (C=O) groups excluding carboxylic acids is 2. The molecule has 2 aromatic carbocycles. The van der Waals surface area contributed by atoms with Crippen LogP contribution >= 0.6 is 0 Å². The number of amides is 1. The van der Waals surface area contributed by atoms with Gasteiger partial charge in [-0.3, -0.25) is 9.59 Å². The molecule has 1 unspecified atom stereocenters. The molecule has 10 heteroatoms. The van der Waals surface area contributed by atoms with Crippen molar-refractivity contribution >= 4 is 35.7 Å². The minimum atomic E-state index is -0.431. The Bertz CT molecular complexity index is 1400. The zero-order valence-electron chi connectivity index (χ0n) is 20.8. The van der Waals surface area contributed by atoms with Crippen LogP contribution in [0.5, 0.6) is 11.5 Å². The van der Waals surface area contributed by atoms with Gasteiger partial charge in [-0.2, -0.15) is 10.1 Å². The highest BCUT2D eigenvalue weighted by molar-refractivity contribution is 6.12. The average Bonchev–Trinajstić information content (AvgIpc) is 2.91. The van der Waals surface area contributed by atoms with Crippen molar-refractivity contribution in [1.29, 1.82) is 0 Å². The van der Waals surface area contributed by atoms with Crippen molar-refractivity contribution in [2.24, 2.45) is 5.10 Å². The fourth-order valence-electron chi connectivity index (χ4n) is 4.26. The summed E-state index contributed by atoms with van der Waals surface area (Å²) in [5.41, 5.74) is 14.3. The number of carbonyl (C=O) groups is 2. The normalized spacial score (nSPS) is 14.5. The SMILES string of the molecule is CCCC1c2ccccc2C=NN1C(=O)/C=C/c1cc(C(=O)c2cnc(N)nc2N)cc(OC)c1OC. The van der Waals surface area contributed by atoms with Crippen molar-refractivity contribution < 1.29 is 19.1 Å². The number of fused-ring (bicyclic) bond motifs is 1. The number of nitrogens with zero attached hydrogens (tertiary/aromatic N) is 4. The van der Waals surface area contributed by atoms with Gasteiger partial charge in [0.05, 0.1) is 32.0 Å². The molecule has 4 rings (SSSR count). The number of methoxy groups -OCH3 is 2. The Labute approximate surface area is 214 Å². The van der Waals surface area contributed by atoms with Gasteiger partial charge in [0.1, 0.15) is 5.82 Å². The molecule has 0 bridgehead atoms. The number of nitrogen functional groups attached to an aromatic ring is 2. The van der Waals surface area contributed by atoms with Crippen LogP contribution in [0.1, 0.15) is 58.4 Å². The van der Waals surface area contributed by atoms with E-state index in [2.05, 4.69) is 22.0 Å². The van der Waals surface area contributed by atoms with Crippen LogP contribution in [0.15, 0.2) is 53.8 Å². The predicted molar refractivity (Wildman–Crippen MR) is 141 cm³/mol. The number of aromatic nitrogens is 2. The summed E-state index contributed by atoms with van der Waals surface area (Å²) in [4.78, 5) is 34.2. The molecule has 2 heterocycles. The van der Waals surface area contributed by atoms with Crippen LogP contribution in [0.3, 0.4) is 0 Å².